The minimum atomic E-state index is -0.975. The Labute approximate surface area is 139 Å². The van der Waals surface area contributed by atoms with Gasteiger partial charge in [0, 0.05) is 6.54 Å². The molecule has 1 fully saturated rings. The SMILES string of the molecule is O=C(O)C1CCCN1C(=O)Nc1ccccc1Oc1ccccc1. The van der Waals surface area contributed by atoms with Crippen molar-refractivity contribution in [2.45, 2.75) is 18.9 Å². The number of carbonyl (C=O) groups excluding carboxylic acids is 1. The van der Waals surface area contributed by atoms with Gasteiger partial charge in [0.15, 0.2) is 5.75 Å². The molecule has 0 radical (unpaired) electrons. The maximum atomic E-state index is 12.4. The summed E-state index contributed by atoms with van der Waals surface area (Å²) in [5, 5.41) is 12.0. The van der Waals surface area contributed by atoms with Crippen molar-refractivity contribution < 1.29 is 19.4 Å². The summed E-state index contributed by atoms with van der Waals surface area (Å²) in [5.41, 5.74) is 0.502. The van der Waals surface area contributed by atoms with Gasteiger partial charge in [0.1, 0.15) is 11.8 Å². The fourth-order valence-corrected chi connectivity index (χ4v) is 2.73. The number of carboxylic acid groups (broad SMARTS) is 1. The molecule has 1 aliphatic rings. The molecule has 1 saturated heterocycles. The Bertz CT molecular complexity index is 733. The number of carbonyl (C=O) groups is 2. The molecule has 6 heteroatoms. The molecule has 124 valence electrons. The van der Waals surface area contributed by atoms with Crippen LogP contribution in [0.2, 0.25) is 0 Å². The van der Waals surface area contributed by atoms with Gasteiger partial charge in [0.05, 0.1) is 5.69 Å². The van der Waals surface area contributed by atoms with Crippen molar-refractivity contribution in [2.24, 2.45) is 0 Å². The third-order valence-electron chi connectivity index (χ3n) is 3.90. The minimum absolute atomic E-state index is 0.427. The Kier molecular flexibility index (Phi) is 4.65. The summed E-state index contributed by atoms with van der Waals surface area (Å²) in [6, 6.07) is 15.1. The molecular weight excluding hydrogens is 308 g/mol. The summed E-state index contributed by atoms with van der Waals surface area (Å²) in [7, 11) is 0. The smallest absolute Gasteiger partial charge is 0.326 e. The molecule has 1 unspecified atom stereocenters. The van der Waals surface area contributed by atoms with E-state index >= 15 is 0 Å². The van der Waals surface area contributed by atoms with Crippen LogP contribution in [0.3, 0.4) is 0 Å². The molecule has 24 heavy (non-hydrogen) atoms. The monoisotopic (exact) mass is 326 g/mol. The van der Waals surface area contributed by atoms with Crippen LogP contribution in [0.5, 0.6) is 11.5 Å². The van der Waals surface area contributed by atoms with E-state index in [4.69, 9.17) is 4.74 Å². The van der Waals surface area contributed by atoms with Crippen LogP contribution in [-0.4, -0.2) is 34.6 Å². The molecular formula is C18H18N2O4. The summed E-state index contributed by atoms with van der Waals surface area (Å²) in [6.45, 7) is 0.435. The van der Waals surface area contributed by atoms with Gasteiger partial charge in [-0.1, -0.05) is 30.3 Å². The first-order chi connectivity index (χ1) is 11.6. The van der Waals surface area contributed by atoms with Crippen LogP contribution in [0.4, 0.5) is 10.5 Å². The Hall–Kier alpha value is -3.02. The molecule has 2 amide bonds. The van der Waals surface area contributed by atoms with E-state index in [1.807, 2.05) is 36.4 Å². The number of nitrogens with one attached hydrogen (secondary N) is 1. The maximum Gasteiger partial charge on any atom is 0.326 e. The van der Waals surface area contributed by atoms with Crippen LogP contribution in [-0.2, 0) is 4.79 Å². The van der Waals surface area contributed by atoms with Crippen LogP contribution < -0.4 is 10.1 Å². The number of anilines is 1. The molecule has 0 saturated carbocycles. The number of amides is 2. The van der Waals surface area contributed by atoms with Gasteiger partial charge in [0.2, 0.25) is 0 Å². The number of likely N-dealkylation sites (tertiary alicyclic amines) is 1. The summed E-state index contributed by atoms with van der Waals surface area (Å²) in [6.07, 6.45) is 1.16. The molecule has 0 aliphatic carbocycles. The molecule has 0 aromatic heterocycles. The number of carboxylic acids is 1. The molecule has 2 aromatic carbocycles. The quantitative estimate of drug-likeness (QED) is 0.900. The number of aliphatic carboxylic acids is 1. The highest BCUT2D eigenvalue weighted by molar-refractivity contribution is 5.94. The predicted molar refractivity (Wildman–Crippen MR) is 89.3 cm³/mol. The average molecular weight is 326 g/mol. The molecule has 0 spiro atoms. The van der Waals surface area contributed by atoms with E-state index in [1.54, 1.807) is 18.2 Å². The zero-order valence-electron chi connectivity index (χ0n) is 13.0. The van der Waals surface area contributed by atoms with E-state index in [1.165, 1.54) is 4.90 Å². The first-order valence-electron chi connectivity index (χ1n) is 7.77. The largest absolute Gasteiger partial charge is 0.480 e. The van der Waals surface area contributed by atoms with Crippen molar-refractivity contribution in [1.82, 2.24) is 4.90 Å². The first kappa shape index (κ1) is 15.9. The second-order valence-corrected chi connectivity index (χ2v) is 5.53. The number of nitrogens with zero attached hydrogens (tertiary/aromatic N) is 1. The van der Waals surface area contributed by atoms with Crippen molar-refractivity contribution in [3.8, 4) is 11.5 Å². The van der Waals surface area contributed by atoms with Crippen LogP contribution in [0.1, 0.15) is 12.8 Å². The fraction of sp³-hybridized carbons (Fsp3) is 0.222. The van der Waals surface area contributed by atoms with Gasteiger partial charge in [-0.15, -0.1) is 0 Å². The Morgan fingerprint density at radius 3 is 2.54 bits per heavy atom. The lowest BCUT2D eigenvalue weighted by molar-refractivity contribution is -0.141. The fourth-order valence-electron chi connectivity index (χ4n) is 2.73. The van der Waals surface area contributed by atoms with Crippen molar-refractivity contribution in [3.05, 3.63) is 54.6 Å². The normalized spacial score (nSPS) is 16.7. The first-order valence-corrected chi connectivity index (χ1v) is 7.77. The van der Waals surface area contributed by atoms with E-state index in [-0.39, 0.29) is 0 Å². The Morgan fingerprint density at radius 1 is 1.08 bits per heavy atom. The summed E-state index contributed by atoms with van der Waals surface area (Å²) in [5.74, 6) is 0.184. The number of rotatable bonds is 4. The van der Waals surface area contributed by atoms with Gasteiger partial charge in [-0.2, -0.15) is 0 Å². The van der Waals surface area contributed by atoms with Gasteiger partial charge < -0.3 is 20.1 Å². The van der Waals surface area contributed by atoms with Crippen LogP contribution >= 0.6 is 0 Å². The average Bonchev–Trinajstić information content (AvgIpc) is 3.08. The topological polar surface area (TPSA) is 78.9 Å². The van der Waals surface area contributed by atoms with Gasteiger partial charge in [-0.25, -0.2) is 9.59 Å². The highest BCUT2D eigenvalue weighted by atomic mass is 16.5. The van der Waals surface area contributed by atoms with E-state index in [2.05, 4.69) is 5.32 Å². The number of urea groups is 1. The van der Waals surface area contributed by atoms with Crippen molar-refractivity contribution >= 4 is 17.7 Å². The molecule has 6 nitrogen and oxygen atoms in total. The number of hydrogen-bond acceptors (Lipinski definition) is 3. The molecule has 0 bridgehead atoms. The van der Waals surface area contributed by atoms with Crippen molar-refractivity contribution in [1.29, 1.82) is 0 Å². The summed E-state index contributed by atoms with van der Waals surface area (Å²) in [4.78, 5) is 25.0. The maximum absolute atomic E-state index is 12.4. The van der Waals surface area contributed by atoms with Gasteiger partial charge in [-0.05, 0) is 37.1 Å². The molecule has 2 N–H and O–H groups in total. The Balaban J connectivity index is 1.75. The second-order valence-electron chi connectivity index (χ2n) is 5.53. The lowest BCUT2D eigenvalue weighted by Crippen LogP contribution is -2.42. The van der Waals surface area contributed by atoms with E-state index < -0.39 is 18.0 Å². The number of para-hydroxylation sites is 3. The van der Waals surface area contributed by atoms with E-state index in [0.717, 1.165) is 0 Å². The molecule has 2 aromatic rings. The predicted octanol–water partition coefficient (Wildman–Crippen LogP) is 3.56. The standard InChI is InChI=1S/C18H18N2O4/c21-17(22)15-10-6-12-20(15)18(23)19-14-9-4-5-11-16(14)24-13-7-2-1-3-8-13/h1-5,7-9,11,15H,6,10,12H2,(H,19,23)(H,21,22). The number of hydrogen-bond donors (Lipinski definition) is 2. The highest BCUT2D eigenvalue weighted by Gasteiger charge is 2.34. The van der Waals surface area contributed by atoms with Crippen LogP contribution in [0.15, 0.2) is 54.6 Å². The summed E-state index contributed by atoms with van der Waals surface area (Å²) >= 11 is 0. The van der Waals surface area contributed by atoms with Crippen LogP contribution in [0, 0.1) is 0 Å². The third-order valence-corrected chi connectivity index (χ3v) is 3.90. The second kappa shape index (κ2) is 7.04. The lowest BCUT2D eigenvalue weighted by atomic mass is 10.2. The van der Waals surface area contributed by atoms with Gasteiger partial charge in [-0.3, -0.25) is 0 Å². The van der Waals surface area contributed by atoms with Gasteiger partial charge >= 0.3 is 12.0 Å². The Morgan fingerprint density at radius 2 is 1.79 bits per heavy atom. The molecule has 1 atom stereocenters. The third kappa shape index (κ3) is 3.48. The minimum Gasteiger partial charge on any atom is -0.480 e. The van der Waals surface area contributed by atoms with Crippen LogP contribution in [0.25, 0.3) is 0 Å². The van der Waals surface area contributed by atoms with E-state index in [9.17, 15) is 14.7 Å². The zero-order chi connectivity index (χ0) is 16.9. The number of benzene rings is 2. The molecule has 1 heterocycles. The van der Waals surface area contributed by atoms with Crippen molar-refractivity contribution in [3.63, 3.8) is 0 Å². The molecule has 1 aliphatic heterocycles. The highest BCUT2D eigenvalue weighted by Crippen LogP contribution is 2.30. The zero-order valence-corrected chi connectivity index (χ0v) is 13.0. The molecule has 3 rings (SSSR count). The summed E-state index contributed by atoms with van der Waals surface area (Å²) < 4.78 is 5.80. The van der Waals surface area contributed by atoms with E-state index in [0.29, 0.717) is 36.6 Å². The van der Waals surface area contributed by atoms with Gasteiger partial charge in [0.25, 0.3) is 0 Å². The lowest BCUT2D eigenvalue weighted by Gasteiger charge is -2.22. The van der Waals surface area contributed by atoms with Crippen molar-refractivity contribution in [2.75, 3.05) is 11.9 Å². The number of ether oxygens (including phenoxy) is 1.